The summed E-state index contributed by atoms with van der Waals surface area (Å²) in [5.41, 5.74) is 4.71. The Morgan fingerprint density at radius 3 is 2.62 bits per heavy atom. The van der Waals surface area contributed by atoms with Crippen molar-refractivity contribution in [3.8, 4) is 17.0 Å². The lowest BCUT2D eigenvalue weighted by Crippen LogP contribution is -2.33. The molecule has 0 unspecified atom stereocenters. The predicted molar refractivity (Wildman–Crippen MR) is 144 cm³/mol. The monoisotopic (exact) mass is 518 g/mol. The molecule has 0 radical (unpaired) electrons. The zero-order chi connectivity index (χ0) is 25.7. The molecule has 7 nitrogen and oxygen atoms in total. The first kappa shape index (κ1) is 23.7. The van der Waals surface area contributed by atoms with Gasteiger partial charge in [-0.15, -0.1) is 0 Å². The van der Waals surface area contributed by atoms with E-state index < -0.39 is 0 Å². The number of nitrogens with zero attached hydrogens (tertiary/aromatic N) is 4. The summed E-state index contributed by atoms with van der Waals surface area (Å²) in [6, 6.07) is 12.4. The molecule has 6 rings (SSSR count). The third-order valence-corrected chi connectivity index (χ3v) is 8.42. The molecule has 1 aliphatic rings. The summed E-state index contributed by atoms with van der Waals surface area (Å²) in [5, 5.41) is 6.20. The number of anilines is 1. The van der Waals surface area contributed by atoms with E-state index in [-0.39, 0.29) is 17.3 Å². The fourth-order valence-electron chi connectivity index (χ4n) is 5.34. The number of aryl methyl sites for hydroxylation is 1. The first-order chi connectivity index (χ1) is 18.0. The minimum atomic E-state index is -0.328. The van der Waals surface area contributed by atoms with Crippen molar-refractivity contribution in [2.24, 2.45) is 0 Å². The molecular formula is C28H27FN4O3S. The lowest BCUT2D eigenvalue weighted by Gasteiger charge is -2.32. The molecule has 2 aromatic carbocycles. The van der Waals surface area contributed by atoms with Gasteiger partial charge in [-0.05, 0) is 62.6 Å². The van der Waals surface area contributed by atoms with E-state index >= 15 is 0 Å². The van der Waals surface area contributed by atoms with Gasteiger partial charge in [0.05, 0.1) is 18.5 Å². The van der Waals surface area contributed by atoms with Gasteiger partial charge in [0.2, 0.25) is 0 Å². The van der Waals surface area contributed by atoms with Crippen molar-refractivity contribution in [2.45, 2.75) is 39.0 Å². The molecule has 190 valence electrons. The Kier molecular flexibility index (Phi) is 5.95. The van der Waals surface area contributed by atoms with Gasteiger partial charge in [-0.2, -0.15) is 0 Å². The molecule has 0 saturated carbocycles. The molecule has 3 aromatic heterocycles. The van der Waals surface area contributed by atoms with Crippen LogP contribution in [-0.4, -0.2) is 34.7 Å². The number of methoxy groups -OCH3 is 1. The van der Waals surface area contributed by atoms with Crippen molar-refractivity contribution < 1.29 is 13.7 Å². The van der Waals surface area contributed by atoms with E-state index in [9.17, 15) is 9.18 Å². The topological polar surface area (TPSA) is 72.9 Å². The predicted octanol–water partition coefficient (Wildman–Crippen LogP) is 5.97. The van der Waals surface area contributed by atoms with Crippen LogP contribution in [-0.2, 0) is 6.42 Å². The molecule has 5 aromatic rings. The molecule has 1 aliphatic heterocycles. The Morgan fingerprint density at radius 2 is 1.92 bits per heavy atom. The molecule has 1 fully saturated rings. The summed E-state index contributed by atoms with van der Waals surface area (Å²) >= 11 is 1.56. The number of aromatic nitrogens is 3. The van der Waals surface area contributed by atoms with Crippen molar-refractivity contribution in [1.82, 2.24) is 14.5 Å². The average molecular weight is 519 g/mol. The third kappa shape index (κ3) is 3.98. The highest BCUT2D eigenvalue weighted by Crippen LogP contribution is 2.42. The van der Waals surface area contributed by atoms with Crippen LogP contribution in [0.2, 0.25) is 0 Å². The Labute approximate surface area is 217 Å². The minimum absolute atomic E-state index is 0.00509. The van der Waals surface area contributed by atoms with E-state index in [1.54, 1.807) is 28.9 Å². The van der Waals surface area contributed by atoms with E-state index in [2.05, 4.69) is 10.1 Å². The highest BCUT2D eigenvalue weighted by Gasteiger charge is 2.29. The van der Waals surface area contributed by atoms with Crippen molar-refractivity contribution in [3.05, 3.63) is 75.6 Å². The van der Waals surface area contributed by atoms with Crippen LogP contribution in [0, 0.1) is 12.7 Å². The molecule has 4 heterocycles. The highest BCUT2D eigenvalue weighted by atomic mass is 32.1. The smallest absolute Gasteiger partial charge is 0.262 e. The van der Waals surface area contributed by atoms with Crippen LogP contribution in [0.4, 0.5) is 9.39 Å². The van der Waals surface area contributed by atoms with Gasteiger partial charge in [0.25, 0.3) is 5.56 Å². The molecule has 0 bridgehead atoms. The minimum Gasteiger partial charge on any atom is -0.497 e. The maximum atomic E-state index is 13.6. The molecule has 0 spiro atoms. The zero-order valence-corrected chi connectivity index (χ0v) is 21.8. The lowest BCUT2D eigenvalue weighted by molar-refractivity contribution is 0.415. The van der Waals surface area contributed by atoms with Crippen LogP contribution < -0.4 is 15.2 Å². The first-order valence-electron chi connectivity index (χ1n) is 12.5. The molecule has 37 heavy (non-hydrogen) atoms. The zero-order valence-electron chi connectivity index (χ0n) is 21.0. The largest absolute Gasteiger partial charge is 0.497 e. The standard InChI is InChI=1S/C28H27FN4O3S/c1-4-21-16(2)30-28-33(26(21)34)25(18-5-8-20(35-3)9-6-18)27(37-28)32-13-11-17(12-14-32)24-22-10-7-19(29)15-23(22)36-31-24/h5-10,15,17H,4,11-14H2,1-3H3. The molecule has 0 aliphatic carbocycles. The molecule has 0 amide bonds. The van der Waals surface area contributed by atoms with E-state index in [1.807, 2.05) is 38.1 Å². The molecule has 0 atom stereocenters. The van der Waals surface area contributed by atoms with Gasteiger partial charge in [-0.25, -0.2) is 13.8 Å². The summed E-state index contributed by atoms with van der Waals surface area (Å²) in [6.45, 7) is 5.49. The van der Waals surface area contributed by atoms with Crippen LogP contribution in [0.3, 0.4) is 0 Å². The van der Waals surface area contributed by atoms with E-state index in [0.29, 0.717) is 17.0 Å². The van der Waals surface area contributed by atoms with Gasteiger partial charge in [-0.1, -0.05) is 23.4 Å². The van der Waals surface area contributed by atoms with Crippen LogP contribution in [0.5, 0.6) is 5.75 Å². The number of benzene rings is 2. The number of halogens is 1. The maximum Gasteiger partial charge on any atom is 0.262 e. The summed E-state index contributed by atoms with van der Waals surface area (Å²) in [6.07, 6.45) is 2.38. The second-order valence-electron chi connectivity index (χ2n) is 9.41. The molecular weight excluding hydrogens is 491 g/mol. The highest BCUT2D eigenvalue weighted by molar-refractivity contribution is 7.21. The summed E-state index contributed by atoms with van der Waals surface area (Å²) in [4.78, 5) is 21.5. The Hall–Kier alpha value is -3.72. The fourth-order valence-corrected chi connectivity index (χ4v) is 6.58. The van der Waals surface area contributed by atoms with E-state index in [0.717, 1.165) is 70.3 Å². The third-order valence-electron chi connectivity index (χ3n) is 7.31. The first-order valence-corrected chi connectivity index (χ1v) is 13.3. The van der Waals surface area contributed by atoms with Crippen molar-refractivity contribution in [1.29, 1.82) is 0 Å². The second kappa shape index (κ2) is 9.30. The van der Waals surface area contributed by atoms with Gasteiger partial charge in [0.15, 0.2) is 10.5 Å². The Bertz CT molecular complexity index is 1660. The normalized spacial score (nSPS) is 14.6. The van der Waals surface area contributed by atoms with Gasteiger partial charge < -0.3 is 14.2 Å². The number of hydrogen-bond donors (Lipinski definition) is 0. The van der Waals surface area contributed by atoms with Gasteiger partial charge >= 0.3 is 0 Å². The van der Waals surface area contributed by atoms with Crippen molar-refractivity contribution in [3.63, 3.8) is 0 Å². The summed E-state index contributed by atoms with van der Waals surface area (Å²) in [5.74, 6) is 0.656. The number of piperidine rings is 1. The fraction of sp³-hybridized carbons (Fsp3) is 0.321. The average Bonchev–Trinajstić information content (AvgIpc) is 3.50. The maximum absolute atomic E-state index is 13.6. The summed E-state index contributed by atoms with van der Waals surface area (Å²) in [7, 11) is 1.64. The van der Waals surface area contributed by atoms with Crippen LogP contribution in [0.15, 0.2) is 51.8 Å². The quantitative estimate of drug-likeness (QED) is 0.286. The van der Waals surface area contributed by atoms with Crippen molar-refractivity contribution in [2.75, 3.05) is 25.1 Å². The number of fused-ring (bicyclic) bond motifs is 2. The summed E-state index contributed by atoms with van der Waals surface area (Å²) < 4.78 is 26.2. The van der Waals surface area contributed by atoms with Crippen LogP contribution in [0.25, 0.3) is 27.2 Å². The Balaban J connectivity index is 1.39. The number of ether oxygens (including phenoxy) is 1. The van der Waals surface area contributed by atoms with Gasteiger partial charge in [0.1, 0.15) is 16.6 Å². The van der Waals surface area contributed by atoms with Gasteiger partial charge in [0, 0.05) is 47.3 Å². The number of hydrogen-bond acceptors (Lipinski definition) is 7. The molecule has 1 saturated heterocycles. The van der Waals surface area contributed by atoms with Crippen LogP contribution in [0.1, 0.15) is 42.6 Å². The van der Waals surface area contributed by atoms with E-state index in [4.69, 9.17) is 14.2 Å². The SMILES string of the molecule is CCc1c(C)nc2sc(N3CCC(c4noc5cc(F)ccc45)CC3)c(-c3ccc(OC)cc3)n2c1=O. The lowest BCUT2D eigenvalue weighted by atomic mass is 9.91. The van der Waals surface area contributed by atoms with E-state index in [1.165, 1.54) is 12.1 Å². The number of rotatable bonds is 5. The number of thiazole rings is 1. The second-order valence-corrected chi connectivity index (χ2v) is 10.4. The van der Waals surface area contributed by atoms with Crippen LogP contribution >= 0.6 is 11.3 Å². The molecule has 0 N–H and O–H groups in total. The molecule has 9 heteroatoms. The Morgan fingerprint density at radius 1 is 1.16 bits per heavy atom. The van der Waals surface area contributed by atoms with Gasteiger partial charge in [-0.3, -0.25) is 4.79 Å². The van der Waals surface area contributed by atoms with Crippen molar-refractivity contribution >= 4 is 32.3 Å².